The second-order valence-corrected chi connectivity index (χ2v) is 4.78. The SMILES string of the molecule is CC1(F)CC2COCC(C1)C2CN. The molecule has 1 aliphatic heterocycles. The molecule has 0 amide bonds. The van der Waals surface area contributed by atoms with Gasteiger partial charge in [0.1, 0.15) is 5.67 Å². The van der Waals surface area contributed by atoms with Crippen molar-refractivity contribution < 1.29 is 9.13 Å². The van der Waals surface area contributed by atoms with E-state index in [1.165, 1.54) is 0 Å². The van der Waals surface area contributed by atoms with Crippen molar-refractivity contribution in [1.29, 1.82) is 0 Å². The van der Waals surface area contributed by atoms with Crippen molar-refractivity contribution in [1.82, 2.24) is 0 Å². The Morgan fingerprint density at radius 2 is 1.92 bits per heavy atom. The summed E-state index contributed by atoms with van der Waals surface area (Å²) in [5.74, 6) is 1.21. The predicted molar refractivity (Wildman–Crippen MR) is 49.1 cm³/mol. The normalized spacial score (nSPS) is 50.5. The van der Waals surface area contributed by atoms with Gasteiger partial charge in [0.15, 0.2) is 0 Å². The van der Waals surface area contributed by atoms with Gasteiger partial charge in [0.05, 0.1) is 0 Å². The number of ether oxygens (including phenoxy) is 1. The number of nitrogens with two attached hydrogens (primary N) is 1. The molecule has 2 aliphatic rings. The van der Waals surface area contributed by atoms with Crippen molar-refractivity contribution in [2.75, 3.05) is 19.8 Å². The molecule has 2 N–H and O–H groups in total. The fraction of sp³-hybridized carbons (Fsp3) is 1.00. The highest BCUT2D eigenvalue weighted by Gasteiger charge is 2.45. The molecule has 2 rings (SSSR count). The fourth-order valence-electron chi connectivity index (χ4n) is 2.99. The standard InChI is InChI=1S/C10H18FNO/c1-10(11)2-7-5-13-6-8(3-10)9(7)4-12/h7-9H,2-6,12H2,1H3. The highest BCUT2D eigenvalue weighted by Crippen LogP contribution is 2.44. The summed E-state index contributed by atoms with van der Waals surface area (Å²) in [5.41, 5.74) is 4.72. The summed E-state index contributed by atoms with van der Waals surface area (Å²) in [6.07, 6.45) is 1.26. The second kappa shape index (κ2) is 3.21. The number of alkyl halides is 1. The van der Waals surface area contributed by atoms with Gasteiger partial charge in [0, 0.05) is 13.2 Å². The first-order valence-corrected chi connectivity index (χ1v) is 5.09. The van der Waals surface area contributed by atoms with Crippen LogP contribution < -0.4 is 5.73 Å². The Labute approximate surface area is 78.6 Å². The number of halogens is 1. The lowest BCUT2D eigenvalue weighted by Gasteiger charge is -2.46. The maximum atomic E-state index is 13.8. The average Bonchev–Trinajstić information content (AvgIpc) is 2.01. The van der Waals surface area contributed by atoms with Crippen molar-refractivity contribution in [3.63, 3.8) is 0 Å². The maximum Gasteiger partial charge on any atom is 0.109 e. The van der Waals surface area contributed by atoms with Crippen LogP contribution in [0.3, 0.4) is 0 Å². The molecule has 1 heterocycles. The molecule has 2 unspecified atom stereocenters. The Morgan fingerprint density at radius 3 is 2.38 bits per heavy atom. The first-order chi connectivity index (χ1) is 6.12. The van der Waals surface area contributed by atoms with Gasteiger partial charge >= 0.3 is 0 Å². The molecule has 0 radical (unpaired) electrons. The van der Waals surface area contributed by atoms with Gasteiger partial charge < -0.3 is 10.5 Å². The number of hydrogen-bond acceptors (Lipinski definition) is 2. The van der Waals surface area contributed by atoms with E-state index in [1.54, 1.807) is 6.92 Å². The van der Waals surface area contributed by atoms with Crippen LogP contribution in [0.2, 0.25) is 0 Å². The summed E-state index contributed by atoms with van der Waals surface area (Å²) >= 11 is 0. The van der Waals surface area contributed by atoms with Crippen molar-refractivity contribution in [2.24, 2.45) is 23.5 Å². The van der Waals surface area contributed by atoms with Gasteiger partial charge in [0.2, 0.25) is 0 Å². The molecule has 3 heteroatoms. The van der Waals surface area contributed by atoms with Crippen LogP contribution in [0.5, 0.6) is 0 Å². The monoisotopic (exact) mass is 187 g/mol. The Bertz CT molecular complexity index is 179. The van der Waals surface area contributed by atoms with Crippen LogP contribution in [0.15, 0.2) is 0 Å². The molecule has 2 nitrogen and oxygen atoms in total. The maximum absolute atomic E-state index is 13.8. The first kappa shape index (κ1) is 9.41. The van der Waals surface area contributed by atoms with Crippen molar-refractivity contribution in [3.05, 3.63) is 0 Å². The highest BCUT2D eigenvalue weighted by molar-refractivity contribution is 4.95. The molecule has 0 aromatic rings. The third-order valence-corrected chi connectivity index (χ3v) is 3.52. The van der Waals surface area contributed by atoms with E-state index >= 15 is 0 Å². The molecular formula is C10H18FNO. The molecule has 2 atom stereocenters. The Hall–Kier alpha value is -0.150. The largest absolute Gasteiger partial charge is 0.381 e. The van der Waals surface area contributed by atoms with E-state index in [9.17, 15) is 4.39 Å². The molecule has 1 saturated carbocycles. The zero-order chi connectivity index (χ0) is 9.47. The summed E-state index contributed by atoms with van der Waals surface area (Å²) < 4.78 is 19.2. The van der Waals surface area contributed by atoms with Crippen LogP contribution in [0.4, 0.5) is 4.39 Å². The minimum absolute atomic E-state index is 0.354. The van der Waals surface area contributed by atoms with Crippen LogP contribution in [0.1, 0.15) is 19.8 Å². The van der Waals surface area contributed by atoms with Crippen LogP contribution >= 0.6 is 0 Å². The Kier molecular flexibility index (Phi) is 2.32. The first-order valence-electron chi connectivity index (χ1n) is 5.09. The fourth-order valence-corrected chi connectivity index (χ4v) is 2.99. The molecule has 2 bridgehead atoms. The molecule has 13 heavy (non-hydrogen) atoms. The van der Waals surface area contributed by atoms with E-state index in [2.05, 4.69) is 0 Å². The van der Waals surface area contributed by atoms with Crippen molar-refractivity contribution in [2.45, 2.75) is 25.4 Å². The molecular weight excluding hydrogens is 169 g/mol. The second-order valence-electron chi connectivity index (χ2n) is 4.78. The lowest BCUT2D eigenvalue weighted by Crippen LogP contribution is -2.49. The highest BCUT2D eigenvalue weighted by atomic mass is 19.1. The van der Waals surface area contributed by atoms with Crippen LogP contribution in [0.25, 0.3) is 0 Å². The average molecular weight is 187 g/mol. The summed E-state index contributed by atoms with van der Waals surface area (Å²) in [6, 6.07) is 0. The zero-order valence-corrected chi connectivity index (χ0v) is 8.13. The molecule has 2 fully saturated rings. The van der Waals surface area contributed by atoms with Crippen molar-refractivity contribution in [3.8, 4) is 0 Å². The summed E-state index contributed by atoms with van der Waals surface area (Å²) in [6.45, 7) is 3.82. The van der Waals surface area contributed by atoms with E-state index in [-0.39, 0.29) is 0 Å². The molecule has 0 spiro atoms. The summed E-state index contributed by atoms with van der Waals surface area (Å²) in [4.78, 5) is 0. The van der Waals surface area contributed by atoms with Gasteiger partial charge in [-0.05, 0) is 44.1 Å². The van der Waals surface area contributed by atoms with Gasteiger partial charge in [-0.3, -0.25) is 0 Å². The molecule has 0 aromatic carbocycles. The zero-order valence-electron chi connectivity index (χ0n) is 8.13. The van der Waals surface area contributed by atoms with E-state index in [4.69, 9.17) is 10.5 Å². The van der Waals surface area contributed by atoms with Gasteiger partial charge in [-0.25, -0.2) is 4.39 Å². The smallest absolute Gasteiger partial charge is 0.109 e. The Balaban J connectivity index is 2.12. The summed E-state index contributed by atoms with van der Waals surface area (Å²) in [5, 5.41) is 0. The van der Waals surface area contributed by atoms with Crippen LogP contribution in [-0.4, -0.2) is 25.4 Å². The quantitative estimate of drug-likeness (QED) is 0.672. The Morgan fingerprint density at radius 1 is 1.38 bits per heavy atom. The van der Waals surface area contributed by atoms with Crippen LogP contribution in [-0.2, 0) is 4.74 Å². The third-order valence-electron chi connectivity index (χ3n) is 3.52. The lowest BCUT2D eigenvalue weighted by molar-refractivity contribution is -0.0985. The van der Waals surface area contributed by atoms with Gasteiger partial charge in [-0.1, -0.05) is 0 Å². The topological polar surface area (TPSA) is 35.2 Å². The summed E-state index contributed by atoms with van der Waals surface area (Å²) in [7, 11) is 0. The number of rotatable bonds is 1. The van der Waals surface area contributed by atoms with Gasteiger partial charge in [-0.15, -0.1) is 0 Å². The molecule has 1 aliphatic carbocycles. The minimum atomic E-state index is -0.981. The molecule has 0 aromatic heterocycles. The van der Waals surface area contributed by atoms with Gasteiger partial charge in [0.25, 0.3) is 0 Å². The van der Waals surface area contributed by atoms with E-state index in [0.29, 0.717) is 50.4 Å². The van der Waals surface area contributed by atoms with E-state index < -0.39 is 5.67 Å². The molecule has 1 saturated heterocycles. The third kappa shape index (κ3) is 1.72. The number of fused-ring (bicyclic) bond motifs is 2. The predicted octanol–water partition coefficient (Wildman–Crippen LogP) is 1.35. The van der Waals surface area contributed by atoms with Crippen LogP contribution in [0, 0.1) is 17.8 Å². The van der Waals surface area contributed by atoms with Crippen molar-refractivity contribution >= 4 is 0 Å². The lowest BCUT2D eigenvalue weighted by atomic mass is 9.66. The minimum Gasteiger partial charge on any atom is -0.381 e. The van der Waals surface area contributed by atoms with Gasteiger partial charge in [-0.2, -0.15) is 0 Å². The van der Waals surface area contributed by atoms with E-state index in [1.807, 2.05) is 0 Å². The van der Waals surface area contributed by atoms with E-state index in [0.717, 1.165) is 0 Å². The molecule has 76 valence electrons. The number of hydrogen-bond donors (Lipinski definition) is 1.